The van der Waals surface area contributed by atoms with Gasteiger partial charge in [-0.05, 0) is 86.5 Å². The van der Waals surface area contributed by atoms with E-state index in [-0.39, 0.29) is 5.91 Å². The monoisotopic (exact) mass is 483 g/mol. The summed E-state index contributed by atoms with van der Waals surface area (Å²) in [5, 5.41) is 0.669. The number of carbonyl (C=O) groups is 1. The fraction of sp³-hybridized carbons (Fsp3) is 0.267. The lowest BCUT2D eigenvalue weighted by atomic mass is 10.1. The molecule has 180 valence electrons. The van der Waals surface area contributed by atoms with Crippen molar-refractivity contribution < 1.29 is 4.79 Å². The number of aryl methyl sites for hydroxylation is 2. The van der Waals surface area contributed by atoms with Gasteiger partial charge in [-0.25, -0.2) is 4.99 Å². The molecule has 0 unspecified atom stereocenters. The van der Waals surface area contributed by atoms with Crippen molar-refractivity contribution >= 4 is 46.0 Å². The highest BCUT2D eigenvalue weighted by Crippen LogP contribution is 2.37. The maximum Gasteiger partial charge on any atom is 0.271 e. The Morgan fingerprint density at radius 2 is 1.40 bits per heavy atom. The van der Waals surface area contributed by atoms with E-state index < -0.39 is 0 Å². The van der Waals surface area contributed by atoms with Crippen LogP contribution in [0, 0.1) is 13.8 Å². The predicted octanol–water partition coefficient (Wildman–Crippen LogP) is 7.74. The van der Waals surface area contributed by atoms with Gasteiger partial charge in [0.2, 0.25) is 0 Å². The molecule has 0 aliphatic carbocycles. The van der Waals surface area contributed by atoms with E-state index in [9.17, 15) is 4.79 Å². The third-order valence-electron chi connectivity index (χ3n) is 5.90. The lowest BCUT2D eigenvalue weighted by Crippen LogP contribution is -2.28. The van der Waals surface area contributed by atoms with Crippen LogP contribution >= 0.6 is 11.8 Å². The summed E-state index contributed by atoms with van der Waals surface area (Å²) in [6.45, 7) is 10.6. The molecular formula is C30H33N3OS. The zero-order valence-electron chi connectivity index (χ0n) is 21.0. The fourth-order valence-corrected chi connectivity index (χ4v) is 5.04. The third kappa shape index (κ3) is 6.04. The van der Waals surface area contributed by atoms with Gasteiger partial charge in [0.25, 0.3) is 5.91 Å². The second kappa shape index (κ2) is 11.4. The number of thioether (sulfide) groups is 1. The summed E-state index contributed by atoms with van der Waals surface area (Å²) in [6.07, 6.45) is 4.21. The Hall–Kier alpha value is -3.31. The highest BCUT2D eigenvalue weighted by atomic mass is 32.2. The Morgan fingerprint density at radius 1 is 0.829 bits per heavy atom. The Kier molecular flexibility index (Phi) is 8.09. The van der Waals surface area contributed by atoms with E-state index in [1.165, 1.54) is 23.0 Å². The standard InChI is InChI=1S/C30H33N3OS/c1-5-19-32(20-6-2)26-17-11-24(12-18-26)21-28-29(34)33(27-15-9-23(4)10-16-27)30(35-28)31-25-13-7-22(3)8-14-25/h7-18,21H,5-6,19-20H2,1-4H3/b28-21+,31-30?. The van der Waals surface area contributed by atoms with Crippen LogP contribution in [0.5, 0.6) is 0 Å². The lowest BCUT2D eigenvalue weighted by Gasteiger charge is -2.23. The highest BCUT2D eigenvalue weighted by molar-refractivity contribution is 8.19. The minimum absolute atomic E-state index is 0.0487. The van der Waals surface area contributed by atoms with Gasteiger partial charge >= 0.3 is 0 Å². The second-order valence-corrected chi connectivity index (χ2v) is 9.90. The second-order valence-electron chi connectivity index (χ2n) is 8.90. The number of aliphatic imine (C=N–C) groups is 1. The number of hydrogen-bond acceptors (Lipinski definition) is 4. The van der Waals surface area contributed by atoms with Crippen LogP contribution < -0.4 is 9.80 Å². The van der Waals surface area contributed by atoms with Crippen molar-refractivity contribution in [2.45, 2.75) is 40.5 Å². The summed E-state index contributed by atoms with van der Waals surface area (Å²) >= 11 is 1.42. The van der Waals surface area contributed by atoms with Crippen molar-refractivity contribution in [3.8, 4) is 0 Å². The number of nitrogens with zero attached hydrogens (tertiary/aromatic N) is 3. The van der Waals surface area contributed by atoms with E-state index in [4.69, 9.17) is 4.99 Å². The lowest BCUT2D eigenvalue weighted by molar-refractivity contribution is -0.113. The molecule has 3 aromatic rings. The Morgan fingerprint density at radius 3 is 1.97 bits per heavy atom. The molecule has 4 nitrogen and oxygen atoms in total. The smallest absolute Gasteiger partial charge is 0.271 e. The number of amidine groups is 1. The molecule has 0 aromatic heterocycles. The Labute approximate surface area is 213 Å². The van der Waals surface area contributed by atoms with Gasteiger partial charge in [-0.15, -0.1) is 0 Å². The molecular weight excluding hydrogens is 450 g/mol. The van der Waals surface area contributed by atoms with Crippen LogP contribution in [-0.2, 0) is 4.79 Å². The first kappa shape index (κ1) is 24.8. The summed E-state index contributed by atoms with van der Waals surface area (Å²) in [4.78, 5) is 23.2. The number of hydrogen-bond donors (Lipinski definition) is 0. The molecule has 0 bridgehead atoms. The minimum atomic E-state index is -0.0487. The maximum absolute atomic E-state index is 13.5. The third-order valence-corrected chi connectivity index (χ3v) is 6.87. The summed E-state index contributed by atoms with van der Waals surface area (Å²) in [5.41, 5.74) is 6.23. The molecule has 0 atom stereocenters. The van der Waals surface area contributed by atoms with E-state index in [2.05, 4.69) is 49.9 Å². The first-order valence-electron chi connectivity index (χ1n) is 12.3. The molecule has 1 saturated heterocycles. The van der Waals surface area contributed by atoms with E-state index in [0.29, 0.717) is 10.1 Å². The van der Waals surface area contributed by atoms with Crippen LogP contribution in [0.1, 0.15) is 43.4 Å². The van der Waals surface area contributed by atoms with E-state index >= 15 is 0 Å². The number of rotatable bonds is 8. The van der Waals surface area contributed by atoms with E-state index in [1.807, 2.05) is 61.5 Å². The molecule has 1 aliphatic heterocycles. The molecule has 0 N–H and O–H groups in total. The number of amides is 1. The number of benzene rings is 3. The van der Waals surface area contributed by atoms with Crippen molar-refractivity contribution in [2.75, 3.05) is 22.9 Å². The maximum atomic E-state index is 13.5. The molecule has 1 fully saturated rings. The molecule has 35 heavy (non-hydrogen) atoms. The van der Waals surface area contributed by atoms with Crippen molar-refractivity contribution in [2.24, 2.45) is 4.99 Å². The van der Waals surface area contributed by atoms with Crippen molar-refractivity contribution in [3.05, 3.63) is 94.4 Å². The van der Waals surface area contributed by atoms with Gasteiger partial charge in [0, 0.05) is 18.8 Å². The Balaban J connectivity index is 1.66. The molecule has 4 rings (SSSR count). The minimum Gasteiger partial charge on any atom is -0.372 e. The fourth-order valence-electron chi connectivity index (χ4n) is 4.04. The van der Waals surface area contributed by atoms with Crippen molar-refractivity contribution in [3.63, 3.8) is 0 Å². The molecule has 3 aromatic carbocycles. The average Bonchev–Trinajstić information content (AvgIpc) is 3.16. The van der Waals surface area contributed by atoms with Gasteiger partial charge < -0.3 is 4.90 Å². The first-order valence-corrected chi connectivity index (χ1v) is 13.1. The zero-order chi connectivity index (χ0) is 24.8. The first-order chi connectivity index (χ1) is 17.0. The van der Waals surface area contributed by atoms with Gasteiger partial charge in [0.05, 0.1) is 16.3 Å². The summed E-state index contributed by atoms with van der Waals surface area (Å²) in [7, 11) is 0. The van der Waals surface area contributed by atoms with E-state index in [0.717, 1.165) is 48.4 Å². The van der Waals surface area contributed by atoms with Crippen LogP contribution in [0.2, 0.25) is 0 Å². The number of carbonyl (C=O) groups excluding carboxylic acids is 1. The van der Waals surface area contributed by atoms with Gasteiger partial charge in [-0.2, -0.15) is 0 Å². The quantitative estimate of drug-likeness (QED) is 0.307. The topological polar surface area (TPSA) is 35.9 Å². The SMILES string of the molecule is CCCN(CCC)c1ccc(/C=C2/SC(=Nc3ccc(C)cc3)N(c3ccc(C)cc3)C2=O)cc1. The molecule has 0 radical (unpaired) electrons. The largest absolute Gasteiger partial charge is 0.372 e. The molecule has 5 heteroatoms. The predicted molar refractivity (Wildman–Crippen MR) is 152 cm³/mol. The van der Waals surface area contributed by atoms with Crippen LogP contribution in [-0.4, -0.2) is 24.2 Å². The number of anilines is 2. The van der Waals surface area contributed by atoms with Crippen LogP contribution in [0.15, 0.2) is 82.7 Å². The van der Waals surface area contributed by atoms with Gasteiger partial charge in [-0.1, -0.05) is 61.4 Å². The molecule has 1 heterocycles. The molecule has 1 amide bonds. The van der Waals surface area contributed by atoms with Crippen LogP contribution in [0.25, 0.3) is 6.08 Å². The van der Waals surface area contributed by atoms with Crippen molar-refractivity contribution in [1.29, 1.82) is 0 Å². The van der Waals surface area contributed by atoms with Crippen molar-refractivity contribution in [1.82, 2.24) is 0 Å². The normalized spacial score (nSPS) is 15.9. The van der Waals surface area contributed by atoms with Gasteiger partial charge in [0.15, 0.2) is 5.17 Å². The highest BCUT2D eigenvalue weighted by Gasteiger charge is 2.34. The van der Waals surface area contributed by atoms with Crippen LogP contribution in [0.4, 0.5) is 17.1 Å². The van der Waals surface area contributed by atoms with Gasteiger partial charge in [-0.3, -0.25) is 9.69 Å². The summed E-state index contributed by atoms with van der Waals surface area (Å²) in [5.74, 6) is -0.0487. The molecule has 0 saturated carbocycles. The summed E-state index contributed by atoms with van der Waals surface area (Å²) in [6, 6.07) is 24.6. The van der Waals surface area contributed by atoms with Gasteiger partial charge in [0.1, 0.15) is 0 Å². The molecule has 1 aliphatic rings. The Bertz CT molecular complexity index is 1210. The molecule has 0 spiro atoms. The van der Waals surface area contributed by atoms with E-state index in [1.54, 1.807) is 4.90 Å². The van der Waals surface area contributed by atoms with Crippen LogP contribution in [0.3, 0.4) is 0 Å². The summed E-state index contributed by atoms with van der Waals surface area (Å²) < 4.78 is 0. The zero-order valence-corrected chi connectivity index (χ0v) is 21.8. The average molecular weight is 484 g/mol.